The van der Waals surface area contributed by atoms with Crippen molar-refractivity contribution in [3.8, 4) is 11.5 Å². The quantitative estimate of drug-likeness (QED) is 0.718. The van der Waals surface area contributed by atoms with Crippen molar-refractivity contribution in [3.05, 3.63) is 36.4 Å². The van der Waals surface area contributed by atoms with Crippen LogP contribution in [0.3, 0.4) is 0 Å². The molecule has 0 saturated heterocycles. The van der Waals surface area contributed by atoms with Gasteiger partial charge in [0.15, 0.2) is 11.5 Å². The summed E-state index contributed by atoms with van der Waals surface area (Å²) < 4.78 is 11.2. The van der Waals surface area contributed by atoms with E-state index in [9.17, 15) is 0 Å². The molecule has 1 aromatic carbocycles. The molecule has 1 aromatic rings. The third-order valence-electron chi connectivity index (χ3n) is 2.38. The van der Waals surface area contributed by atoms with Crippen LogP contribution in [0.5, 0.6) is 11.5 Å². The van der Waals surface area contributed by atoms with Crippen LogP contribution in [0.4, 0.5) is 0 Å². The summed E-state index contributed by atoms with van der Waals surface area (Å²) in [6, 6.07) is 6.50. The molecule has 0 aliphatic rings. The Morgan fingerprint density at radius 1 is 1.28 bits per heavy atom. The van der Waals surface area contributed by atoms with E-state index in [-0.39, 0.29) is 0 Å². The monoisotopic (exact) mass is 249 g/mol. The van der Waals surface area contributed by atoms with Crippen LogP contribution in [-0.2, 0) is 6.54 Å². The Labute approximate surface area is 110 Å². The normalized spacial score (nSPS) is 10.4. The number of benzene rings is 1. The van der Waals surface area contributed by atoms with E-state index in [2.05, 4.69) is 31.8 Å². The van der Waals surface area contributed by atoms with Gasteiger partial charge < -0.3 is 14.8 Å². The van der Waals surface area contributed by atoms with Crippen LogP contribution in [0, 0.1) is 0 Å². The average molecular weight is 249 g/mol. The zero-order valence-corrected chi connectivity index (χ0v) is 11.5. The third-order valence-corrected chi connectivity index (χ3v) is 2.38. The topological polar surface area (TPSA) is 30.5 Å². The van der Waals surface area contributed by atoms with E-state index >= 15 is 0 Å². The van der Waals surface area contributed by atoms with Gasteiger partial charge in [-0.15, -0.1) is 0 Å². The van der Waals surface area contributed by atoms with Crippen molar-refractivity contribution in [1.82, 2.24) is 5.32 Å². The molecule has 1 N–H and O–H groups in total. The molecular weight excluding hydrogens is 226 g/mol. The second kappa shape index (κ2) is 7.77. The van der Waals surface area contributed by atoms with Gasteiger partial charge in [0.1, 0.15) is 6.61 Å². The lowest BCUT2D eigenvalue weighted by Crippen LogP contribution is -2.21. The highest BCUT2D eigenvalue weighted by molar-refractivity contribution is 5.43. The van der Waals surface area contributed by atoms with Crippen molar-refractivity contribution in [2.45, 2.75) is 33.4 Å². The first-order valence-electron chi connectivity index (χ1n) is 6.40. The predicted octanol–water partition coefficient (Wildman–Crippen LogP) is 3.15. The minimum Gasteiger partial charge on any atom is -0.490 e. The van der Waals surface area contributed by atoms with Gasteiger partial charge >= 0.3 is 0 Å². The van der Waals surface area contributed by atoms with E-state index in [1.54, 1.807) is 6.08 Å². The van der Waals surface area contributed by atoms with E-state index in [1.807, 2.05) is 19.1 Å². The zero-order chi connectivity index (χ0) is 13.4. The molecule has 3 heteroatoms. The Bertz CT molecular complexity index is 375. The molecular formula is C15H23NO2. The Hall–Kier alpha value is -1.48. The van der Waals surface area contributed by atoms with E-state index < -0.39 is 0 Å². The van der Waals surface area contributed by atoms with Gasteiger partial charge in [-0.05, 0) is 24.6 Å². The lowest BCUT2D eigenvalue weighted by molar-refractivity contribution is 0.296. The van der Waals surface area contributed by atoms with Gasteiger partial charge in [0.05, 0.1) is 6.61 Å². The molecule has 0 atom stereocenters. The molecule has 0 saturated carbocycles. The molecule has 0 fully saturated rings. The van der Waals surface area contributed by atoms with Crippen LogP contribution in [0.2, 0.25) is 0 Å². The molecule has 0 amide bonds. The summed E-state index contributed by atoms with van der Waals surface area (Å²) in [6.45, 7) is 11.8. The minimum absolute atomic E-state index is 0.470. The molecule has 3 nitrogen and oxygen atoms in total. The maximum atomic E-state index is 5.59. The molecule has 0 aliphatic carbocycles. The Morgan fingerprint density at radius 2 is 2.06 bits per heavy atom. The number of hydrogen-bond acceptors (Lipinski definition) is 3. The summed E-state index contributed by atoms with van der Waals surface area (Å²) in [5, 5.41) is 3.38. The molecule has 0 bridgehead atoms. The molecule has 0 aliphatic heterocycles. The van der Waals surface area contributed by atoms with Gasteiger partial charge in [0.2, 0.25) is 0 Å². The Kier molecular flexibility index (Phi) is 6.29. The molecule has 0 heterocycles. The summed E-state index contributed by atoms with van der Waals surface area (Å²) in [5.74, 6) is 1.56. The minimum atomic E-state index is 0.470. The maximum absolute atomic E-state index is 5.59. The van der Waals surface area contributed by atoms with Gasteiger partial charge in [-0.25, -0.2) is 0 Å². The van der Waals surface area contributed by atoms with Crippen LogP contribution >= 0.6 is 0 Å². The second-order valence-electron chi connectivity index (χ2n) is 4.35. The first-order chi connectivity index (χ1) is 8.67. The van der Waals surface area contributed by atoms with E-state index in [0.29, 0.717) is 19.3 Å². The molecule has 0 aromatic heterocycles. The first kappa shape index (κ1) is 14.6. The number of nitrogens with one attached hydrogen (secondary N) is 1. The summed E-state index contributed by atoms with van der Waals surface area (Å²) >= 11 is 0. The third kappa shape index (κ3) is 4.80. The molecule has 0 spiro atoms. The molecule has 0 radical (unpaired) electrons. The van der Waals surface area contributed by atoms with Gasteiger partial charge in [-0.2, -0.15) is 0 Å². The van der Waals surface area contributed by atoms with Crippen LogP contribution in [0.15, 0.2) is 30.9 Å². The van der Waals surface area contributed by atoms with Crippen molar-refractivity contribution in [2.24, 2.45) is 0 Å². The van der Waals surface area contributed by atoms with Crippen LogP contribution in [0.25, 0.3) is 0 Å². The van der Waals surface area contributed by atoms with Gasteiger partial charge in [0, 0.05) is 12.6 Å². The second-order valence-corrected chi connectivity index (χ2v) is 4.35. The lowest BCUT2D eigenvalue weighted by atomic mass is 10.2. The first-order valence-corrected chi connectivity index (χ1v) is 6.40. The number of ether oxygens (including phenoxy) is 2. The summed E-state index contributed by atoms with van der Waals surface area (Å²) in [5.41, 5.74) is 1.19. The number of rotatable bonds is 8. The molecule has 18 heavy (non-hydrogen) atoms. The Morgan fingerprint density at radius 3 is 2.67 bits per heavy atom. The van der Waals surface area contributed by atoms with Gasteiger partial charge in [0.25, 0.3) is 0 Å². The highest BCUT2D eigenvalue weighted by Crippen LogP contribution is 2.28. The fourth-order valence-electron chi connectivity index (χ4n) is 1.52. The van der Waals surface area contributed by atoms with Crippen molar-refractivity contribution in [2.75, 3.05) is 13.2 Å². The fraction of sp³-hybridized carbons (Fsp3) is 0.467. The lowest BCUT2D eigenvalue weighted by Gasteiger charge is -2.13. The highest BCUT2D eigenvalue weighted by Gasteiger charge is 2.06. The van der Waals surface area contributed by atoms with Gasteiger partial charge in [-0.3, -0.25) is 0 Å². The maximum Gasteiger partial charge on any atom is 0.161 e. The van der Waals surface area contributed by atoms with E-state index in [1.165, 1.54) is 5.56 Å². The summed E-state index contributed by atoms with van der Waals surface area (Å²) in [4.78, 5) is 0. The average Bonchev–Trinajstić information content (AvgIpc) is 2.35. The standard InChI is InChI=1S/C15H23NO2/c1-5-9-18-14-8-7-13(11-16-12(3)4)10-15(14)17-6-2/h5,7-8,10,12,16H,1,6,9,11H2,2-4H3. The van der Waals surface area contributed by atoms with Crippen LogP contribution < -0.4 is 14.8 Å². The number of hydrogen-bond donors (Lipinski definition) is 1. The zero-order valence-electron chi connectivity index (χ0n) is 11.5. The van der Waals surface area contributed by atoms with Crippen molar-refractivity contribution in [3.63, 3.8) is 0 Å². The van der Waals surface area contributed by atoms with Crippen molar-refractivity contribution >= 4 is 0 Å². The van der Waals surface area contributed by atoms with Crippen molar-refractivity contribution < 1.29 is 9.47 Å². The molecule has 100 valence electrons. The predicted molar refractivity (Wildman–Crippen MR) is 75.3 cm³/mol. The molecule has 0 unspecified atom stereocenters. The van der Waals surface area contributed by atoms with Gasteiger partial charge in [-0.1, -0.05) is 32.6 Å². The smallest absolute Gasteiger partial charge is 0.161 e. The summed E-state index contributed by atoms with van der Waals surface area (Å²) in [6.07, 6.45) is 1.73. The van der Waals surface area contributed by atoms with E-state index in [4.69, 9.17) is 9.47 Å². The van der Waals surface area contributed by atoms with Crippen LogP contribution in [0.1, 0.15) is 26.3 Å². The largest absolute Gasteiger partial charge is 0.490 e. The van der Waals surface area contributed by atoms with Crippen LogP contribution in [-0.4, -0.2) is 19.3 Å². The van der Waals surface area contributed by atoms with E-state index in [0.717, 1.165) is 18.0 Å². The summed E-state index contributed by atoms with van der Waals surface area (Å²) in [7, 11) is 0. The van der Waals surface area contributed by atoms with Crippen molar-refractivity contribution in [1.29, 1.82) is 0 Å². The SMILES string of the molecule is C=CCOc1ccc(CNC(C)C)cc1OCC. The molecule has 1 rings (SSSR count). The fourth-order valence-corrected chi connectivity index (χ4v) is 1.52. The Balaban J connectivity index is 2.77. The highest BCUT2D eigenvalue weighted by atomic mass is 16.5.